The molecular weight excluding hydrogens is 336 g/mol. The van der Waals surface area contributed by atoms with Gasteiger partial charge in [0.15, 0.2) is 0 Å². The van der Waals surface area contributed by atoms with Gasteiger partial charge in [-0.25, -0.2) is 9.97 Å². The Kier molecular flexibility index (Phi) is 4.96. The van der Waals surface area contributed by atoms with E-state index >= 15 is 0 Å². The third kappa shape index (κ3) is 3.48. The van der Waals surface area contributed by atoms with E-state index in [-0.39, 0.29) is 11.4 Å². The van der Waals surface area contributed by atoms with Crippen LogP contribution in [0.2, 0.25) is 0 Å². The number of likely N-dealkylation sites (tertiary alicyclic amines) is 2. The second kappa shape index (κ2) is 7.39. The third-order valence-corrected chi connectivity index (χ3v) is 6.45. The van der Waals surface area contributed by atoms with Gasteiger partial charge in [0.25, 0.3) is 5.91 Å². The summed E-state index contributed by atoms with van der Waals surface area (Å²) in [4.78, 5) is 25.9. The van der Waals surface area contributed by atoms with Crippen molar-refractivity contribution >= 4 is 5.91 Å². The predicted molar refractivity (Wildman–Crippen MR) is 106 cm³/mol. The number of rotatable bonds is 3. The Labute approximate surface area is 161 Å². The van der Waals surface area contributed by atoms with Crippen molar-refractivity contribution in [1.29, 1.82) is 0 Å². The van der Waals surface area contributed by atoms with Crippen LogP contribution in [-0.4, -0.2) is 57.9 Å². The summed E-state index contributed by atoms with van der Waals surface area (Å²) in [7, 11) is 2.25. The summed E-state index contributed by atoms with van der Waals surface area (Å²) in [5.41, 5.74) is 2.26. The molecule has 1 aromatic carbocycles. The van der Waals surface area contributed by atoms with Crippen LogP contribution in [0.5, 0.6) is 0 Å². The first-order valence-corrected chi connectivity index (χ1v) is 9.98. The largest absolute Gasteiger partial charge is 0.338 e. The van der Waals surface area contributed by atoms with Gasteiger partial charge in [-0.3, -0.25) is 9.69 Å². The number of aryl methyl sites for hydroxylation is 1. The smallest absolute Gasteiger partial charge is 0.256 e. The number of carbonyl (C=O) groups is 1. The van der Waals surface area contributed by atoms with Crippen molar-refractivity contribution in [1.82, 2.24) is 19.8 Å². The van der Waals surface area contributed by atoms with Crippen molar-refractivity contribution < 1.29 is 4.79 Å². The predicted octanol–water partition coefficient (Wildman–Crippen LogP) is 3.13. The van der Waals surface area contributed by atoms with E-state index in [0.29, 0.717) is 11.5 Å². The lowest BCUT2D eigenvalue weighted by Gasteiger charge is -2.43. The summed E-state index contributed by atoms with van der Waals surface area (Å²) >= 11 is 0. The molecule has 0 radical (unpaired) electrons. The fourth-order valence-corrected chi connectivity index (χ4v) is 4.69. The van der Waals surface area contributed by atoms with Gasteiger partial charge in [-0.2, -0.15) is 0 Å². The molecule has 2 aliphatic heterocycles. The molecule has 1 aromatic heterocycles. The molecule has 0 aliphatic carbocycles. The highest BCUT2D eigenvalue weighted by Crippen LogP contribution is 2.44. The van der Waals surface area contributed by atoms with Gasteiger partial charge in [-0.1, -0.05) is 37.3 Å². The summed E-state index contributed by atoms with van der Waals surface area (Å²) < 4.78 is 0. The maximum atomic E-state index is 12.8. The lowest BCUT2D eigenvalue weighted by Crippen LogP contribution is -2.52. The van der Waals surface area contributed by atoms with Crippen LogP contribution < -0.4 is 0 Å². The van der Waals surface area contributed by atoms with E-state index in [9.17, 15) is 4.79 Å². The Morgan fingerprint density at radius 3 is 2.44 bits per heavy atom. The first-order chi connectivity index (χ1) is 13.1. The van der Waals surface area contributed by atoms with Gasteiger partial charge >= 0.3 is 0 Å². The minimum atomic E-state index is 0.0627. The Bertz CT molecular complexity index is 782. The molecule has 1 atom stereocenters. The fourth-order valence-electron chi connectivity index (χ4n) is 4.69. The molecular formula is C22H28N4O. The second-order valence-corrected chi connectivity index (χ2v) is 7.95. The number of aromatic nitrogens is 2. The molecule has 2 fully saturated rings. The van der Waals surface area contributed by atoms with E-state index < -0.39 is 0 Å². The van der Waals surface area contributed by atoms with Crippen LogP contribution in [0.3, 0.4) is 0 Å². The molecule has 0 N–H and O–H groups in total. The van der Waals surface area contributed by atoms with E-state index in [1.807, 2.05) is 11.8 Å². The van der Waals surface area contributed by atoms with Crippen LogP contribution in [0.25, 0.3) is 0 Å². The highest BCUT2D eigenvalue weighted by molar-refractivity contribution is 5.93. The summed E-state index contributed by atoms with van der Waals surface area (Å²) in [6, 6.07) is 10.8. The number of hydrogen-bond donors (Lipinski definition) is 0. The standard InChI is InChI=1S/C22H28N4O/c1-3-20-23-14-19(15-24-20)21(27)26-11-9-22(10-12-26)13-18(16-25(22)2)17-7-5-4-6-8-17/h4-8,14-15,18H,3,9-13,16H2,1-2H3/t18-/m0/s1. The Hall–Kier alpha value is -2.27. The van der Waals surface area contributed by atoms with Crippen molar-refractivity contribution in [3.63, 3.8) is 0 Å². The van der Waals surface area contributed by atoms with Crippen LogP contribution in [0.15, 0.2) is 42.7 Å². The molecule has 4 rings (SSSR count). The molecule has 0 unspecified atom stereocenters. The topological polar surface area (TPSA) is 49.3 Å². The third-order valence-electron chi connectivity index (χ3n) is 6.45. The average molecular weight is 364 g/mol. The van der Waals surface area contributed by atoms with Gasteiger partial charge in [0, 0.05) is 44.0 Å². The Morgan fingerprint density at radius 1 is 1.15 bits per heavy atom. The number of amides is 1. The molecule has 2 aromatic rings. The molecule has 1 spiro atoms. The molecule has 5 nitrogen and oxygen atoms in total. The average Bonchev–Trinajstić information content (AvgIpc) is 3.05. The minimum absolute atomic E-state index is 0.0627. The van der Waals surface area contributed by atoms with Crippen molar-refractivity contribution in [3.8, 4) is 0 Å². The van der Waals surface area contributed by atoms with Gasteiger partial charge in [-0.15, -0.1) is 0 Å². The van der Waals surface area contributed by atoms with Crippen LogP contribution in [-0.2, 0) is 6.42 Å². The molecule has 142 valence electrons. The quantitative estimate of drug-likeness (QED) is 0.840. The van der Waals surface area contributed by atoms with Crippen molar-refractivity contribution in [2.75, 3.05) is 26.7 Å². The first-order valence-electron chi connectivity index (χ1n) is 9.98. The van der Waals surface area contributed by atoms with Crippen LogP contribution in [0.1, 0.15) is 53.8 Å². The molecule has 2 aliphatic rings. The highest BCUT2D eigenvalue weighted by atomic mass is 16.2. The molecule has 27 heavy (non-hydrogen) atoms. The number of benzene rings is 1. The van der Waals surface area contributed by atoms with Gasteiger partial charge in [0.1, 0.15) is 5.82 Å². The van der Waals surface area contributed by atoms with E-state index in [1.54, 1.807) is 12.4 Å². The number of carbonyl (C=O) groups excluding carboxylic acids is 1. The van der Waals surface area contributed by atoms with Crippen LogP contribution in [0, 0.1) is 0 Å². The van der Waals surface area contributed by atoms with E-state index in [2.05, 4.69) is 52.2 Å². The monoisotopic (exact) mass is 364 g/mol. The normalized spacial score (nSPS) is 22.3. The van der Waals surface area contributed by atoms with Gasteiger partial charge in [0.2, 0.25) is 0 Å². The van der Waals surface area contributed by atoms with E-state index in [0.717, 1.165) is 44.7 Å². The van der Waals surface area contributed by atoms with Crippen LogP contribution >= 0.6 is 0 Å². The Balaban J connectivity index is 1.41. The maximum absolute atomic E-state index is 12.8. The maximum Gasteiger partial charge on any atom is 0.256 e. The van der Waals surface area contributed by atoms with Crippen molar-refractivity contribution in [2.24, 2.45) is 0 Å². The zero-order chi connectivity index (χ0) is 18.9. The van der Waals surface area contributed by atoms with E-state index in [4.69, 9.17) is 0 Å². The molecule has 5 heteroatoms. The van der Waals surface area contributed by atoms with Crippen LogP contribution in [0.4, 0.5) is 0 Å². The highest BCUT2D eigenvalue weighted by Gasteiger charge is 2.46. The second-order valence-electron chi connectivity index (χ2n) is 7.95. The SMILES string of the molecule is CCc1ncc(C(=O)N2CCC3(CC2)C[C@H](c2ccccc2)CN3C)cn1. The number of piperidine rings is 1. The summed E-state index contributed by atoms with van der Waals surface area (Å²) in [5.74, 6) is 1.44. The number of hydrogen-bond acceptors (Lipinski definition) is 4. The number of likely N-dealkylation sites (N-methyl/N-ethyl adjacent to an activating group) is 1. The lowest BCUT2D eigenvalue weighted by molar-refractivity contribution is 0.0491. The fraction of sp³-hybridized carbons (Fsp3) is 0.500. The lowest BCUT2D eigenvalue weighted by atomic mass is 9.81. The molecule has 0 bridgehead atoms. The zero-order valence-electron chi connectivity index (χ0n) is 16.3. The molecule has 3 heterocycles. The summed E-state index contributed by atoms with van der Waals surface area (Å²) in [5, 5.41) is 0. The first kappa shape index (κ1) is 18.1. The summed E-state index contributed by atoms with van der Waals surface area (Å²) in [6.45, 7) is 4.73. The molecule has 1 amide bonds. The van der Waals surface area contributed by atoms with Gasteiger partial charge < -0.3 is 4.90 Å². The van der Waals surface area contributed by atoms with E-state index in [1.165, 1.54) is 12.0 Å². The van der Waals surface area contributed by atoms with Crippen molar-refractivity contribution in [3.05, 3.63) is 59.7 Å². The number of nitrogens with zero attached hydrogens (tertiary/aromatic N) is 4. The Morgan fingerprint density at radius 2 is 1.81 bits per heavy atom. The summed E-state index contributed by atoms with van der Waals surface area (Å²) in [6.07, 6.45) is 7.38. The minimum Gasteiger partial charge on any atom is -0.338 e. The zero-order valence-corrected chi connectivity index (χ0v) is 16.3. The van der Waals surface area contributed by atoms with Gasteiger partial charge in [0.05, 0.1) is 5.56 Å². The van der Waals surface area contributed by atoms with Crippen molar-refractivity contribution in [2.45, 2.75) is 44.1 Å². The molecule has 2 saturated heterocycles. The van der Waals surface area contributed by atoms with Gasteiger partial charge in [-0.05, 0) is 37.8 Å². The molecule has 0 saturated carbocycles.